The fourth-order valence-corrected chi connectivity index (χ4v) is 1.22. The highest BCUT2D eigenvalue weighted by Gasteiger charge is 1.98. The van der Waals surface area contributed by atoms with E-state index in [2.05, 4.69) is 9.24 Å². The Morgan fingerprint density at radius 2 is 1.77 bits per heavy atom. The summed E-state index contributed by atoms with van der Waals surface area (Å²) in [6.07, 6.45) is 0. The van der Waals surface area contributed by atoms with Crippen molar-refractivity contribution in [3.8, 4) is 11.5 Å². The molecule has 1 rings (SSSR count). The molecule has 13 heavy (non-hydrogen) atoms. The largest absolute Gasteiger partial charge is 0.497 e. The van der Waals surface area contributed by atoms with Crippen molar-refractivity contribution in [2.75, 3.05) is 21.3 Å². The maximum atomic E-state index is 7.00. The number of rotatable bonds is 2. The van der Waals surface area contributed by atoms with Crippen molar-refractivity contribution >= 4 is 14.5 Å². The van der Waals surface area contributed by atoms with Crippen LogP contribution in [0, 0.1) is 0 Å². The molecule has 0 fully saturated rings. The third kappa shape index (κ3) is 3.62. The van der Waals surface area contributed by atoms with Gasteiger partial charge in [-0.05, 0) is 18.2 Å². The topological polar surface area (TPSA) is 38.7 Å². The lowest BCUT2D eigenvalue weighted by Gasteiger charge is -2.05. The first-order chi connectivity index (χ1) is 6.27. The number of ether oxygens (including phenoxy) is 2. The van der Waals surface area contributed by atoms with Crippen LogP contribution in [0.4, 0.5) is 0 Å². The van der Waals surface area contributed by atoms with Crippen LogP contribution < -0.4 is 14.8 Å². The summed E-state index contributed by atoms with van der Waals surface area (Å²) in [5.74, 6) is 1.70. The van der Waals surface area contributed by atoms with Gasteiger partial charge in [0.15, 0.2) is 0 Å². The van der Waals surface area contributed by atoms with E-state index in [1.807, 2.05) is 18.2 Å². The van der Waals surface area contributed by atoms with Gasteiger partial charge in [0.2, 0.25) is 0 Å². The summed E-state index contributed by atoms with van der Waals surface area (Å²) in [5.41, 5.74) is 0. The standard InChI is InChI=1S/C8H11O2P.CH4O/c1-9-6-3-4-7(10-2)8(11)5-6;1-2/h3-5H,11H2,1-2H3;2H,1H3. The molecule has 0 aromatic heterocycles. The van der Waals surface area contributed by atoms with Gasteiger partial charge in [0, 0.05) is 12.4 Å². The fraction of sp³-hybridized carbons (Fsp3) is 0.333. The van der Waals surface area contributed by atoms with Crippen molar-refractivity contribution in [2.45, 2.75) is 0 Å². The van der Waals surface area contributed by atoms with Crippen molar-refractivity contribution < 1.29 is 14.6 Å². The van der Waals surface area contributed by atoms with E-state index in [4.69, 9.17) is 14.6 Å². The summed E-state index contributed by atoms with van der Waals surface area (Å²) in [5, 5.41) is 8.01. The Morgan fingerprint density at radius 3 is 2.15 bits per heavy atom. The van der Waals surface area contributed by atoms with E-state index in [9.17, 15) is 0 Å². The fourth-order valence-electron chi connectivity index (χ4n) is 0.839. The average Bonchev–Trinajstić information content (AvgIpc) is 2.20. The SMILES string of the molecule is CO.COc1ccc(OC)c(P)c1. The summed E-state index contributed by atoms with van der Waals surface area (Å²) in [6.45, 7) is 0. The molecule has 1 atom stereocenters. The molecule has 0 aliphatic carbocycles. The molecule has 1 aromatic carbocycles. The summed E-state index contributed by atoms with van der Waals surface area (Å²) in [6, 6.07) is 5.65. The van der Waals surface area contributed by atoms with Gasteiger partial charge in [0.1, 0.15) is 11.5 Å². The van der Waals surface area contributed by atoms with E-state index in [0.29, 0.717) is 0 Å². The molecule has 3 nitrogen and oxygen atoms in total. The molecular formula is C9H15O3P. The van der Waals surface area contributed by atoms with Gasteiger partial charge < -0.3 is 14.6 Å². The van der Waals surface area contributed by atoms with Crippen LogP contribution in [0.3, 0.4) is 0 Å². The van der Waals surface area contributed by atoms with Crippen LogP contribution in [0.15, 0.2) is 18.2 Å². The Hall–Kier alpha value is -0.790. The second kappa shape index (κ2) is 6.70. The van der Waals surface area contributed by atoms with Crippen LogP contribution in [0.2, 0.25) is 0 Å². The Labute approximate surface area is 80.9 Å². The van der Waals surface area contributed by atoms with Gasteiger partial charge in [-0.1, -0.05) is 0 Å². The third-order valence-electron chi connectivity index (χ3n) is 1.44. The van der Waals surface area contributed by atoms with Gasteiger partial charge in [-0.15, -0.1) is 9.24 Å². The summed E-state index contributed by atoms with van der Waals surface area (Å²) in [4.78, 5) is 0. The molecule has 1 N–H and O–H groups in total. The molecule has 0 aliphatic heterocycles. The van der Waals surface area contributed by atoms with Crippen LogP contribution in [0.5, 0.6) is 11.5 Å². The van der Waals surface area contributed by atoms with Crippen molar-refractivity contribution in [1.82, 2.24) is 0 Å². The highest BCUT2D eigenvalue weighted by atomic mass is 31.0. The Morgan fingerprint density at radius 1 is 1.15 bits per heavy atom. The minimum atomic E-state index is 0.843. The van der Waals surface area contributed by atoms with Crippen molar-refractivity contribution in [2.24, 2.45) is 0 Å². The first-order valence-electron chi connectivity index (χ1n) is 3.70. The lowest BCUT2D eigenvalue weighted by atomic mass is 10.3. The smallest absolute Gasteiger partial charge is 0.126 e. The lowest BCUT2D eigenvalue weighted by Crippen LogP contribution is -1.98. The zero-order valence-electron chi connectivity index (χ0n) is 8.07. The second-order valence-electron chi connectivity index (χ2n) is 2.11. The number of hydrogen-bond donors (Lipinski definition) is 1. The maximum Gasteiger partial charge on any atom is 0.126 e. The molecule has 4 heteroatoms. The number of benzene rings is 1. The lowest BCUT2D eigenvalue weighted by molar-refractivity contribution is 0.399. The molecule has 1 unspecified atom stereocenters. The molecule has 0 amide bonds. The van der Waals surface area contributed by atoms with E-state index in [-0.39, 0.29) is 0 Å². The Bertz CT molecular complexity index is 251. The van der Waals surface area contributed by atoms with Gasteiger partial charge >= 0.3 is 0 Å². The molecule has 0 heterocycles. The van der Waals surface area contributed by atoms with Crippen molar-refractivity contribution in [3.63, 3.8) is 0 Å². The molecule has 0 bridgehead atoms. The predicted octanol–water partition coefficient (Wildman–Crippen LogP) is 0.813. The molecule has 74 valence electrons. The van der Waals surface area contributed by atoms with Crippen LogP contribution in [-0.4, -0.2) is 26.4 Å². The number of aliphatic hydroxyl groups is 1. The van der Waals surface area contributed by atoms with Gasteiger partial charge in [0.05, 0.1) is 14.2 Å². The minimum Gasteiger partial charge on any atom is -0.497 e. The number of aliphatic hydroxyl groups excluding tert-OH is 1. The molecule has 0 radical (unpaired) electrons. The molecule has 1 aromatic rings. The zero-order valence-corrected chi connectivity index (χ0v) is 9.23. The van der Waals surface area contributed by atoms with Crippen LogP contribution in [0.1, 0.15) is 0 Å². The number of hydrogen-bond acceptors (Lipinski definition) is 3. The van der Waals surface area contributed by atoms with Crippen LogP contribution in [-0.2, 0) is 0 Å². The molecule has 0 saturated carbocycles. The summed E-state index contributed by atoms with van der Waals surface area (Å²) >= 11 is 0. The average molecular weight is 202 g/mol. The van der Waals surface area contributed by atoms with Crippen molar-refractivity contribution in [1.29, 1.82) is 0 Å². The zero-order chi connectivity index (χ0) is 10.3. The van der Waals surface area contributed by atoms with Gasteiger partial charge in [-0.3, -0.25) is 0 Å². The van der Waals surface area contributed by atoms with E-state index >= 15 is 0 Å². The summed E-state index contributed by atoms with van der Waals surface area (Å²) < 4.78 is 10.1. The highest BCUT2D eigenvalue weighted by Crippen LogP contribution is 2.16. The second-order valence-corrected chi connectivity index (χ2v) is 2.73. The predicted molar refractivity (Wildman–Crippen MR) is 57.0 cm³/mol. The Balaban J connectivity index is 0.000000671. The monoisotopic (exact) mass is 202 g/mol. The van der Waals surface area contributed by atoms with E-state index in [1.165, 1.54) is 0 Å². The maximum absolute atomic E-state index is 7.00. The first-order valence-corrected chi connectivity index (χ1v) is 4.28. The van der Waals surface area contributed by atoms with Crippen molar-refractivity contribution in [3.05, 3.63) is 18.2 Å². The molecule has 0 saturated heterocycles. The van der Waals surface area contributed by atoms with E-state index in [1.54, 1.807) is 14.2 Å². The Kier molecular flexibility index (Phi) is 6.29. The first kappa shape index (κ1) is 12.2. The highest BCUT2D eigenvalue weighted by molar-refractivity contribution is 7.27. The molecule has 0 spiro atoms. The van der Waals surface area contributed by atoms with Crippen LogP contribution in [0.25, 0.3) is 0 Å². The molecular weight excluding hydrogens is 187 g/mol. The molecule has 0 aliphatic rings. The quantitative estimate of drug-likeness (QED) is 0.721. The van der Waals surface area contributed by atoms with E-state index in [0.717, 1.165) is 23.9 Å². The normalized spacial score (nSPS) is 8.38. The van der Waals surface area contributed by atoms with Gasteiger partial charge in [-0.2, -0.15) is 0 Å². The minimum absolute atomic E-state index is 0.843. The summed E-state index contributed by atoms with van der Waals surface area (Å²) in [7, 11) is 6.88. The van der Waals surface area contributed by atoms with E-state index < -0.39 is 0 Å². The third-order valence-corrected chi connectivity index (χ3v) is 1.89. The van der Waals surface area contributed by atoms with Gasteiger partial charge in [-0.25, -0.2) is 0 Å². The number of methoxy groups -OCH3 is 2. The van der Waals surface area contributed by atoms with Gasteiger partial charge in [0.25, 0.3) is 0 Å². The van der Waals surface area contributed by atoms with Crippen LogP contribution >= 0.6 is 9.24 Å².